The van der Waals surface area contributed by atoms with Gasteiger partial charge in [0, 0.05) is 25.2 Å². The molecular weight excluding hydrogens is 462 g/mol. The first-order valence-corrected chi connectivity index (χ1v) is 13.4. The monoisotopic (exact) mass is 488 g/mol. The maximum absolute atomic E-state index is 14.4. The number of hydrogen-bond acceptors (Lipinski definition) is 5. The van der Waals surface area contributed by atoms with Gasteiger partial charge in [0.15, 0.2) is 0 Å². The SMILES string of the molecule is CC1(C)[C@@H]2CC[C@@]1(C(=O)N1C[C@@H]3C[C@H]1CN3S(C)(=O)=O)c1nnc(-c3c(F)cccc3F)cc12. The molecule has 1 amide bonds. The molecule has 2 aromatic rings. The maximum atomic E-state index is 14.4. The standard InChI is InChI=1S/C24H26F2N4O3S/c1-23(2)16-7-8-24(23,22(31)29-11-14-9-13(29)12-30(14)34(3,32)33)21-15(16)10-19(27-28-21)20-17(25)5-4-6-18(20)26/h4-6,10,13-14,16H,7-9,11-12H2,1-3H3/t13-,14-,16+,24-/m0/s1. The molecule has 1 aromatic carbocycles. The quantitative estimate of drug-likeness (QED) is 0.664. The van der Waals surface area contributed by atoms with Crippen LogP contribution in [-0.4, -0.2) is 65.2 Å². The van der Waals surface area contributed by atoms with Gasteiger partial charge in [0.1, 0.15) is 11.6 Å². The minimum Gasteiger partial charge on any atom is -0.336 e. The van der Waals surface area contributed by atoms with E-state index < -0.39 is 32.5 Å². The Morgan fingerprint density at radius 1 is 1.12 bits per heavy atom. The Bertz CT molecular complexity index is 1330. The van der Waals surface area contributed by atoms with Crippen molar-refractivity contribution >= 4 is 15.9 Å². The zero-order valence-corrected chi connectivity index (χ0v) is 20.1. The predicted molar refractivity (Wildman–Crippen MR) is 120 cm³/mol. The summed E-state index contributed by atoms with van der Waals surface area (Å²) < 4.78 is 54.5. The summed E-state index contributed by atoms with van der Waals surface area (Å²) in [6, 6.07) is 5.04. The number of nitrogens with zero attached hydrogens (tertiary/aromatic N) is 4. The highest BCUT2D eigenvalue weighted by Gasteiger charge is 2.69. The zero-order valence-electron chi connectivity index (χ0n) is 19.3. The van der Waals surface area contributed by atoms with Crippen LogP contribution in [0.4, 0.5) is 8.78 Å². The van der Waals surface area contributed by atoms with Crippen LogP contribution in [0.5, 0.6) is 0 Å². The number of benzene rings is 1. The Morgan fingerprint density at radius 2 is 1.82 bits per heavy atom. The van der Waals surface area contributed by atoms with Crippen LogP contribution in [-0.2, 0) is 20.2 Å². The van der Waals surface area contributed by atoms with Crippen molar-refractivity contribution in [1.82, 2.24) is 19.4 Å². The molecule has 4 atom stereocenters. The lowest BCUT2D eigenvalue weighted by Gasteiger charge is -2.42. The fraction of sp³-hybridized carbons (Fsp3) is 0.542. The molecule has 2 aliphatic heterocycles. The topological polar surface area (TPSA) is 83.5 Å². The minimum atomic E-state index is -3.31. The van der Waals surface area contributed by atoms with E-state index in [1.54, 1.807) is 6.07 Å². The number of halogens is 2. The molecule has 10 heteroatoms. The molecule has 3 fully saturated rings. The van der Waals surface area contributed by atoms with E-state index in [0.29, 0.717) is 31.6 Å². The first-order valence-electron chi connectivity index (χ1n) is 11.6. The largest absolute Gasteiger partial charge is 0.336 e. The van der Waals surface area contributed by atoms with Crippen molar-refractivity contribution in [2.45, 2.75) is 56.5 Å². The summed E-state index contributed by atoms with van der Waals surface area (Å²) in [6.07, 6.45) is 3.25. The normalized spacial score (nSPS) is 31.3. The van der Waals surface area contributed by atoms with Crippen LogP contribution in [0.25, 0.3) is 11.3 Å². The fourth-order valence-corrected chi connectivity index (χ4v) is 8.33. The number of carbonyl (C=O) groups is 1. The van der Waals surface area contributed by atoms with Gasteiger partial charge in [-0.25, -0.2) is 17.2 Å². The number of hydrogen-bond donors (Lipinski definition) is 0. The number of amides is 1. The molecule has 7 nitrogen and oxygen atoms in total. The Kier molecular flexibility index (Phi) is 4.42. The van der Waals surface area contributed by atoms with Gasteiger partial charge in [-0.2, -0.15) is 9.40 Å². The first kappa shape index (κ1) is 22.0. The highest BCUT2D eigenvalue weighted by Crippen LogP contribution is 2.68. The summed E-state index contributed by atoms with van der Waals surface area (Å²) >= 11 is 0. The van der Waals surface area contributed by atoms with E-state index in [-0.39, 0.29) is 35.2 Å². The summed E-state index contributed by atoms with van der Waals surface area (Å²) in [6.45, 7) is 4.81. The van der Waals surface area contributed by atoms with Gasteiger partial charge in [-0.1, -0.05) is 19.9 Å². The summed E-state index contributed by atoms with van der Waals surface area (Å²) in [5, 5.41) is 8.62. The van der Waals surface area contributed by atoms with Gasteiger partial charge in [0.25, 0.3) is 0 Å². The summed E-state index contributed by atoms with van der Waals surface area (Å²) in [5.41, 5.74) is 0.0145. The van der Waals surface area contributed by atoms with Crippen LogP contribution in [0, 0.1) is 17.0 Å². The van der Waals surface area contributed by atoms with Crippen molar-refractivity contribution in [3.8, 4) is 11.3 Å². The Hall–Kier alpha value is -2.46. The molecule has 1 aromatic heterocycles. The van der Waals surface area contributed by atoms with Gasteiger partial charge in [-0.05, 0) is 54.4 Å². The molecule has 3 heterocycles. The Morgan fingerprint density at radius 3 is 2.44 bits per heavy atom. The molecule has 1 saturated carbocycles. The minimum absolute atomic E-state index is 0.0165. The molecule has 0 unspecified atom stereocenters. The van der Waals surface area contributed by atoms with E-state index in [2.05, 4.69) is 24.0 Å². The van der Waals surface area contributed by atoms with Crippen molar-refractivity contribution < 1.29 is 22.0 Å². The fourth-order valence-electron chi connectivity index (χ4n) is 7.19. The number of likely N-dealkylation sites (tertiary alicyclic amines) is 1. The van der Waals surface area contributed by atoms with Crippen LogP contribution < -0.4 is 0 Å². The third-order valence-corrected chi connectivity index (χ3v) is 10.1. The molecule has 2 aliphatic carbocycles. The molecule has 6 rings (SSSR count). The second-order valence-electron chi connectivity index (χ2n) is 10.7. The maximum Gasteiger partial charge on any atom is 0.235 e. The number of fused-ring (bicyclic) bond motifs is 7. The van der Waals surface area contributed by atoms with E-state index in [9.17, 15) is 22.0 Å². The smallest absolute Gasteiger partial charge is 0.235 e. The number of sulfonamides is 1. The van der Waals surface area contributed by atoms with Gasteiger partial charge in [0.05, 0.1) is 28.6 Å². The van der Waals surface area contributed by atoms with E-state index in [1.165, 1.54) is 28.8 Å². The highest BCUT2D eigenvalue weighted by atomic mass is 32.2. The summed E-state index contributed by atoms with van der Waals surface area (Å²) in [7, 11) is -3.31. The molecule has 34 heavy (non-hydrogen) atoms. The third-order valence-electron chi connectivity index (χ3n) is 8.84. The second-order valence-corrected chi connectivity index (χ2v) is 12.6. The van der Waals surface area contributed by atoms with Crippen LogP contribution in [0.1, 0.15) is 50.3 Å². The van der Waals surface area contributed by atoms with E-state index in [1.807, 2.05) is 4.90 Å². The van der Waals surface area contributed by atoms with Gasteiger partial charge >= 0.3 is 0 Å². The lowest BCUT2D eigenvalue weighted by atomic mass is 9.67. The molecule has 0 spiro atoms. The van der Waals surface area contributed by atoms with Crippen molar-refractivity contribution in [3.63, 3.8) is 0 Å². The molecule has 180 valence electrons. The van der Waals surface area contributed by atoms with Crippen LogP contribution in [0.2, 0.25) is 0 Å². The van der Waals surface area contributed by atoms with E-state index in [0.717, 1.165) is 12.0 Å². The van der Waals surface area contributed by atoms with Crippen molar-refractivity contribution in [2.75, 3.05) is 19.3 Å². The summed E-state index contributed by atoms with van der Waals surface area (Å²) in [4.78, 5) is 16.0. The lowest BCUT2D eigenvalue weighted by molar-refractivity contribution is -0.143. The van der Waals surface area contributed by atoms with Gasteiger partial charge in [-0.15, -0.1) is 5.10 Å². The molecule has 2 saturated heterocycles. The zero-order chi connectivity index (χ0) is 24.2. The molecule has 4 aliphatic rings. The molecule has 4 bridgehead atoms. The molecule has 0 N–H and O–H groups in total. The second kappa shape index (κ2) is 6.81. The number of rotatable bonds is 3. The third kappa shape index (κ3) is 2.64. The van der Waals surface area contributed by atoms with Crippen molar-refractivity contribution in [2.24, 2.45) is 5.41 Å². The lowest BCUT2D eigenvalue weighted by Crippen LogP contribution is -2.57. The molecular formula is C24H26F2N4O3S. The molecule has 0 radical (unpaired) electrons. The number of aromatic nitrogens is 2. The number of piperazine rings is 1. The van der Waals surface area contributed by atoms with Gasteiger partial charge < -0.3 is 4.90 Å². The van der Waals surface area contributed by atoms with Gasteiger partial charge in [-0.3, -0.25) is 4.79 Å². The Balaban J connectivity index is 1.40. The first-order chi connectivity index (χ1) is 16.0. The van der Waals surface area contributed by atoms with E-state index in [4.69, 9.17) is 0 Å². The Labute approximate surface area is 197 Å². The van der Waals surface area contributed by atoms with E-state index >= 15 is 0 Å². The number of carbonyl (C=O) groups excluding carboxylic acids is 1. The van der Waals surface area contributed by atoms with Crippen LogP contribution >= 0.6 is 0 Å². The van der Waals surface area contributed by atoms with Crippen molar-refractivity contribution in [3.05, 3.63) is 47.2 Å². The summed E-state index contributed by atoms with van der Waals surface area (Å²) in [5.74, 6) is -1.42. The average molecular weight is 489 g/mol. The average Bonchev–Trinajstić information content (AvgIpc) is 3.48. The van der Waals surface area contributed by atoms with Crippen LogP contribution in [0.3, 0.4) is 0 Å². The van der Waals surface area contributed by atoms with Crippen molar-refractivity contribution in [1.29, 1.82) is 0 Å². The predicted octanol–water partition coefficient (Wildman–Crippen LogP) is 2.82. The van der Waals surface area contributed by atoms with Gasteiger partial charge in [0.2, 0.25) is 15.9 Å². The van der Waals surface area contributed by atoms with Crippen LogP contribution in [0.15, 0.2) is 24.3 Å². The highest BCUT2D eigenvalue weighted by molar-refractivity contribution is 7.88.